The Hall–Kier alpha value is -4.38. The van der Waals surface area contributed by atoms with Gasteiger partial charge in [-0.3, -0.25) is 4.79 Å². The van der Waals surface area contributed by atoms with Crippen molar-refractivity contribution in [2.75, 3.05) is 0 Å². The summed E-state index contributed by atoms with van der Waals surface area (Å²) in [4.78, 5) is 17.6. The molecule has 3 aromatic heterocycles. The topological polar surface area (TPSA) is 60.7 Å². The van der Waals surface area contributed by atoms with Crippen molar-refractivity contribution in [2.45, 2.75) is 0 Å². The third kappa shape index (κ3) is 2.25. The molecule has 0 unspecified atom stereocenters. The zero-order valence-electron chi connectivity index (χ0n) is 16.2. The highest BCUT2D eigenvalue weighted by molar-refractivity contribution is 6.06. The molecule has 0 atom stereocenters. The van der Waals surface area contributed by atoms with Crippen LogP contribution in [0, 0.1) is 0 Å². The minimum Gasteiger partial charge on any atom is -0.456 e. The fraction of sp³-hybridized carbons (Fsp3) is 0. The first-order valence-corrected chi connectivity index (χ1v) is 10.0. The number of para-hydroxylation sites is 3. The van der Waals surface area contributed by atoms with Crippen LogP contribution in [0.2, 0.25) is 0 Å². The van der Waals surface area contributed by atoms with E-state index in [9.17, 15) is 4.79 Å². The Bertz CT molecular complexity index is 1870. The standard InChI is InChI=1S/C26H14N2O3/c29-25-18-11-9-16(14-24(18)31-26-27-20-6-2-3-7-21(20)28(25)26)15-10-12-23-19(13-15)17-5-1-4-8-22(17)30-23/h1-14H. The molecule has 0 aliphatic heterocycles. The Morgan fingerprint density at radius 3 is 2.39 bits per heavy atom. The van der Waals surface area contributed by atoms with Crippen molar-refractivity contribution in [3.8, 4) is 11.1 Å². The first kappa shape index (κ1) is 16.4. The Morgan fingerprint density at radius 1 is 0.645 bits per heavy atom. The minimum atomic E-state index is -0.132. The first-order valence-electron chi connectivity index (χ1n) is 10.0. The van der Waals surface area contributed by atoms with Gasteiger partial charge in [-0.1, -0.05) is 42.5 Å². The molecule has 0 radical (unpaired) electrons. The Labute approximate surface area is 174 Å². The fourth-order valence-corrected chi connectivity index (χ4v) is 4.36. The van der Waals surface area contributed by atoms with E-state index in [1.807, 2.05) is 72.8 Å². The van der Waals surface area contributed by atoms with Gasteiger partial charge in [0.05, 0.1) is 16.4 Å². The van der Waals surface area contributed by atoms with Gasteiger partial charge in [0.1, 0.15) is 16.7 Å². The van der Waals surface area contributed by atoms with Crippen LogP contribution in [-0.4, -0.2) is 9.38 Å². The smallest absolute Gasteiger partial charge is 0.310 e. The Morgan fingerprint density at radius 2 is 1.42 bits per heavy atom. The van der Waals surface area contributed by atoms with Crippen LogP contribution < -0.4 is 5.56 Å². The third-order valence-electron chi connectivity index (χ3n) is 5.86. The van der Waals surface area contributed by atoms with E-state index >= 15 is 0 Å². The lowest BCUT2D eigenvalue weighted by Crippen LogP contribution is -2.12. The quantitative estimate of drug-likeness (QED) is 0.330. The number of furan rings is 1. The van der Waals surface area contributed by atoms with Gasteiger partial charge < -0.3 is 8.83 Å². The van der Waals surface area contributed by atoms with E-state index in [2.05, 4.69) is 17.1 Å². The number of benzene rings is 4. The van der Waals surface area contributed by atoms with Gasteiger partial charge in [-0.2, -0.15) is 4.98 Å². The molecule has 0 bridgehead atoms. The summed E-state index contributed by atoms with van der Waals surface area (Å²) >= 11 is 0. The van der Waals surface area contributed by atoms with E-state index in [-0.39, 0.29) is 5.56 Å². The fourth-order valence-electron chi connectivity index (χ4n) is 4.36. The normalized spacial score (nSPS) is 12.0. The predicted octanol–water partition coefficient (Wildman–Crippen LogP) is 6.16. The lowest BCUT2D eigenvalue weighted by Gasteiger charge is -2.05. The molecule has 5 nitrogen and oxygen atoms in total. The molecule has 0 saturated heterocycles. The number of aromatic nitrogens is 2. The number of fused-ring (bicyclic) bond motifs is 7. The van der Waals surface area contributed by atoms with Crippen LogP contribution in [0.3, 0.4) is 0 Å². The van der Waals surface area contributed by atoms with Crippen LogP contribution in [0.4, 0.5) is 0 Å². The van der Waals surface area contributed by atoms with Gasteiger partial charge in [-0.05, 0) is 53.6 Å². The summed E-state index contributed by atoms with van der Waals surface area (Å²) in [6.45, 7) is 0. The lowest BCUT2D eigenvalue weighted by atomic mass is 10.0. The molecular weight excluding hydrogens is 388 g/mol. The van der Waals surface area contributed by atoms with Crippen molar-refractivity contribution in [2.24, 2.45) is 0 Å². The molecule has 146 valence electrons. The van der Waals surface area contributed by atoms with Crippen molar-refractivity contribution >= 4 is 49.8 Å². The largest absolute Gasteiger partial charge is 0.456 e. The maximum atomic E-state index is 13.1. The zero-order chi connectivity index (χ0) is 20.5. The summed E-state index contributed by atoms with van der Waals surface area (Å²) in [6.07, 6.45) is 0. The van der Waals surface area contributed by atoms with E-state index in [4.69, 9.17) is 8.83 Å². The van der Waals surface area contributed by atoms with Crippen LogP contribution >= 0.6 is 0 Å². The molecule has 0 aliphatic carbocycles. The molecule has 7 aromatic rings. The van der Waals surface area contributed by atoms with Crippen LogP contribution in [-0.2, 0) is 0 Å². The van der Waals surface area contributed by atoms with Crippen molar-refractivity contribution in [3.05, 3.63) is 95.3 Å². The van der Waals surface area contributed by atoms with Gasteiger partial charge in [-0.15, -0.1) is 0 Å². The average Bonchev–Trinajstić information content (AvgIpc) is 3.36. The van der Waals surface area contributed by atoms with Crippen LogP contribution in [0.5, 0.6) is 0 Å². The Balaban J connectivity index is 1.48. The molecular formula is C26H14N2O3. The number of rotatable bonds is 1. The molecule has 0 aliphatic rings. The molecule has 0 N–H and O–H groups in total. The van der Waals surface area contributed by atoms with E-state index in [1.165, 1.54) is 4.40 Å². The highest BCUT2D eigenvalue weighted by Crippen LogP contribution is 2.33. The third-order valence-corrected chi connectivity index (χ3v) is 5.86. The van der Waals surface area contributed by atoms with Crippen LogP contribution in [0.25, 0.3) is 60.9 Å². The number of nitrogens with zero attached hydrogens (tertiary/aromatic N) is 2. The molecule has 3 heterocycles. The lowest BCUT2D eigenvalue weighted by molar-refractivity contribution is 0.617. The molecule has 7 rings (SSSR count). The second kappa shape index (κ2) is 5.83. The maximum absolute atomic E-state index is 13.1. The summed E-state index contributed by atoms with van der Waals surface area (Å²) in [5.74, 6) is 0.298. The molecule has 4 aromatic carbocycles. The van der Waals surface area contributed by atoms with Crippen molar-refractivity contribution < 1.29 is 8.83 Å². The molecule has 31 heavy (non-hydrogen) atoms. The van der Waals surface area contributed by atoms with Crippen LogP contribution in [0.1, 0.15) is 0 Å². The van der Waals surface area contributed by atoms with E-state index < -0.39 is 0 Å². The van der Waals surface area contributed by atoms with Crippen molar-refractivity contribution in [1.29, 1.82) is 0 Å². The van der Waals surface area contributed by atoms with Crippen molar-refractivity contribution in [1.82, 2.24) is 9.38 Å². The summed E-state index contributed by atoms with van der Waals surface area (Å²) < 4.78 is 13.5. The second-order valence-corrected chi connectivity index (χ2v) is 7.65. The maximum Gasteiger partial charge on any atom is 0.310 e. The van der Waals surface area contributed by atoms with Gasteiger partial charge in [0, 0.05) is 10.8 Å². The van der Waals surface area contributed by atoms with Gasteiger partial charge in [-0.25, -0.2) is 4.40 Å². The van der Waals surface area contributed by atoms with Crippen molar-refractivity contribution in [3.63, 3.8) is 0 Å². The highest BCUT2D eigenvalue weighted by Gasteiger charge is 2.14. The zero-order valence-corrected chi connectivity index (χ0v) is 16.2. The van der Waals surface area contributed by atoms with Gasteiger partial charge in [0.2, 0.25) is 0 Å². The summed E-state index contributed by atoms with van der Waals surface area (Å²) in [5, 5.41) is 2.66. The highest BCUT2D eigenvalue weighted by atomic mass is 16.4. The molecule has 0 saturated carbocycles. The summed E-state index contributed by atoms with van der Waals surface area (Å²) in [5.41, 5.74) is 5.57. The SMILES string of the molecule is O=c1c2ccc(-c3ccc4oc5ccccc5c4c3)cc2oc2nc3ccccc3n12. The van der Waals surface area contributed by atoms with E-state index in [1.54, 1.807) is 0 Å². The van der Waals surface area contributed by atoms with Gasteiger partial charge in [0.15, 0.2) is 0 Å². The summed E-state index contributed by atoms with van der Waals surface area (Å²) in [7, 11) is 0. The van der Waals surface area contributed by atoms with Crippen LogP contribution in [0.15, 0.2) is 98.6 Å². The van der Waals surface area contributed by atoms with Gasteiger partial charge >= 0.3 is 5.84 Å². The molecule has 0 fully saturated rings. The second-order valence-electron chi connectivity index (χ2n) is 7.65. The average molecular weight is 402 g/mol. The van der Waals surface area contributed by atoms with E-state index in [0.717, 1.165) is 44.1 Å². The first-order chi connectivity index (χ1) is 15.3. The van der Waals surface area contributed by atoms with E-state index in [0.29, 0.717) is 16.8 Å². The molecule has 0 spiro atoms. The number of hydrogen-bond acceptors (Lipinski definition) is 4. The monoisotopic (exact) mass is 402 g/mol. The number of hydrogen-bond donors (Lipinski definition) is 0. The molecule has 5 heteroatoms. The number of imidazole rings is 1. The minimum absolute atomic E-state index is 0.132. The van der Waals surface area contributed by atoms with Gasteiger partial charge in [0.25, 0.3) is 5.56 Å². The molecule has 0 amide bonds. The predicted molar refractivity (Wildman–Crippen MR) is 121 cm³/mol. The Kier molecular flexibility index (Phi) is 3.09. The summed E-state index contributed by atoms with van der Waals surface area (Å²) in [6, 6.07) is 27.3.